The molecule has 9 heteroatoms. The Labute approximate surface area is 182 Å². The summed E-state index contributed by atoms with van der Waals surface area (Å²) in [6.45, 7) is 5.50. The van der Waals surface area contributed by atoms with Crippen molar-refractivity contribution in [2.24, 2.45) is 7.05 Å². The Morgan fingerprint density at radius 3 is 2.45 bits per heavy atom. The summed E-state index contributed by atoms with van der Waals surface area (Å²) in [4.78, 5) is 18.1. The van der Waals surface area contributed by atoms with Gasteiger partial charge in [0.1, 0.15) is 0 Å². The molecule has 0 saturated heterocycles. The van der Waals surface area contributed by atoms with E-state index >= 15 is 0 Å². The molecule has 0 aliphatic heterocycles. The van der Waals surface area contributed by atoms with Crippen molar-refractivity contribution in [1.82, 2.24) is 19.1 Å². The van der Waals surface area contributed by atoms with Gasteiger partial charge in [0.2, 0.25) is 10.0 Å². The first-order valence-corrected chi connectivity index (χ1v) is 11.8. The van der Waals surface area contributed by atoms with Gasteiger partial charge >= 0.3 is 0 Å². The molecule has 1 amide bonds. The van der Waals surface area contributed by atoms with Crippen molar-refractivity contribution in [3.63, 3.8) is 0 Å². The number of aryl methyl sites for hydroxylation is 2. The first-order valence-electron chi connectivity index (χ1n) is 10.3. The number of aromatic nitrogens is 3. The number of nitrogens with one attached hydrogen (secondary N) is 1. The van der Waals surface area contributed by atoms with Gasteiger partial charge in [-0.3, -0.25) is 9.48 Å². The maximum atomic E-state index is 13.2. The van der Waals surface area contributed by atoms with Crippen LogP contribution in [0.15, 0.2) is 35.2 Å². The zero-order valence-corrected chi connectivity index (χ0v) is 19.2. The van der Waals surface area contributed by atoms with E-state index in [9.17, 15) is 13.2 Å². The Morgan fingerprint density at radius 1 is 1.23 bits per heavy atom. The minimum absolute atomic E-state index is 0.151. The molecule has 1 aromatic carbocycles. The highest BCUT2D eigenvalue weighted by molar-refractivity contribution is 7.89. The fourth-order valence-corrected chi connectivity index (χ4v) is 4.95. The Hall–Kier alpha value is -2.78. The lowest BCUT2D eigenvalue weighted by atomic mass is 10.1. The lowest BCUT2D eigenvalue weighted by molar-refractivity contribution is 0.102. The molecular weight excluding hydrogens is 414 g/mol. The van der Waals surface area contributed by atoms with Crippen LogP contribution >= 0.6 is 0 Å². The summed E-state index contributed by atoms with van der Waals surface area (Å²) in [5, 5.41) is 8.06. The van der Waals surface area contributed by atoms with Crippen LogP contribution in [0.4, 0.5) is 5.69 Å². The lowest BCUT2D eigenvalue weighted by Gasteiger charge is -2.21. The van der Waals surface area contributed by atoms with Crippen LogP contribution in [-0.2, 0) is 17.1 Å². The van der Waals surface area contributed by atoms with Gasteiger partial charge in [-0.05, 0) is 63.9 Å². The second-order valence-corrected chi connectivity index (χ2v) is 10.4. The van der Waals surface area contributed by atoms with Gasteiger partial charge in [-0.15, -0.1) is 0 Å². The summed E-state index contributed by atoms with van der Waals surface area (Å²) in [6, 6.07) is 7.94. The Kier molecular flexibility index (Phi) is 5.35. The number of carbonyl (C=O) groups excluding carboxylic acids is 1. The van der Waals surface area contributed by atoms with Gasteiger partial charge in [-0.1, -0.05) is 0 Å². The lowest BCUT2D eigenvalue weighted by Crippen LogP contribution is -2.33. The first-order chi connectivity index (χ1) is 14.6. The number of sulfonamides is 1. The molecule has 4 rings (SSSR count). The van der Waals surface area contributed by atoms with Crippen LogP contribution in [0.5, 0.6) is 0 Å². The molecule has 1 aliphatic carbocycles. The van der Waals surface area contributed by atoms with Crippen LogP contribution in [-0.4, -0.2) is 46.5 Å². The number of nitrogens with zero attached hydrogens (tertiary/aromatic N) is 4. The summed E-state index contributed by atoms with van der Waals surface area (Å²) in [6.07, 6.45) is 2.16. The van der Waals surface area contributed by atoms with E-state index in [4.69, 9.17) is 4.98 Å². The molecule has 1 N–H and O–H groups in total. The molecule has 0 radical (unpaired) electrons. The van der Waals surface area contributed by atoms with Gasteiger partial charge < -0.3 is 5.32 Å². The van der Waals surface area contributed by atoms with E-state index in [1.165, 1.54) is 16.4 Å². The van der Waals surface area contributed by atoms with Crippen LogP contribution in [0.1, 0.15) is 54.4 Å². The molecule has 8 nitrogen and oxygen atoms in total. The van der Waals surface area contributed by atoms with Gasteiger partial charge in [0.25, 0.3) is 5.91 Å². The van der Waals surface area contributed by atoms with Gasteiger partial charge in [0.15, 0.2) is 5.65 Å². The number of benzene rings is 1. The molecule has 164 valence electrons. The molecule has 1 saturated carbocycles. The summed E-state index contributed by atoms with van der Waals surface area (Å²) < 4.78 is 28.3. The SMILES string of the molecule is Cc1nn(C)c2nc(C3CC3)cc(C(=O)Nc3ccc(S(=O)(=O)N(C)C(C)C)cc3)c12. The van der Waals surface area contributed by atoms with Crippen molar-refractivity contribution in [3.8, 4) is 0 Å². The average Bonchev–Trinajstić information content (AvgIpc) is 3.53. The van der Waals surface area contributed by atoms with Crippen LogP contribution in [0, 0.1) is 6.92 Å². The number of anilines is 1. The molecular formula is C22H27N5O3S. The average molecular weight is 442 g/mol. The highest BCUT2D eigenvalue weighted by Gasteiger charge is 2.28. The van der Waals surface area contributed by atoms with Crippen LogP contribution in [0.3, 0.4) is 0 Å². The van der Waals surface area contributed by atoms with Gasteiger partial charge in [-0.25, -0.2) is 13.4 Å². The van der Waals surface area contributed by atoms with E-state index in [0.29, 0.717) is 22.8 Å². The van der Waals surface area contributed by atoms with E-state index in [-0.39, 0.29) is 16.8 Å². The quantitative estimate of drug-likeness (QED) is 0.632. The van der Waals surface area contributed by atoms with E-state index in [1.807, 2.05) is 33.9 Å². The number of rotatable bonds is 6. The topological polar surface area (TPSA) is 97.2 Å². The van der Waals surface area contributed by atoms with Crippen molar-refractivity contribution in [2.75, 3.05) is 12.4 Å². The van der Waals surface area contributed by atoms with E-state index in [2.05, 4.69) is 10.4 Å². The van der Waals surface area contributed by atoms with Crippen molar-refractivity contribution < 1.29 is 13.2 Å². The second-order valence-electron chi connectivity index (χ2n) is 8.37. The number of fused-ring (bicyclic) bond motifs is 1. The molecule has 1 aliphatic rings. The highest BCUT2D eigenvalue weighted by atomic mass is 32.2. The molecule has 0 bridgehead atoms. The molecule has 0 spiro atoms. The van der Waals surface area contributed by atoms with Crippen molar-refractivity contribution >= 4 is 32.7 Å². The standard InChI is InChI=1S/C22H27N5O3S/c1-13(2)27(5)31(29,30)17-10-8-16(9-11-17)23-22(28)18-12-19(15-6-7-15)24-21-20(18)14(3)25-26(21)4/h8-13,15H,6-7H2,1-5H3,(H,23,28). The molecule has 0 unspecified atom stereocenters. The monoisotopic (exact) mass is 441 g/mol. The smallest absolute Gasteiger partial charge is 0.256 e. The normalized spacial score (nSPS) is 14.5. The second kappa shape index (κ2) is 7.72. The number of hydrogen-bond donors (Lipinski definition) is 1. The van der Waals surface area contributed by atoms with Gasteiger partial charge in [0.05, 0.1) is 21.5 Å². The Bertz CT molecular complexity index is 1260. The van der Waals surface area contributed by atoms with Crippen LogP contribution in [0.2, 0.25) is 0 Å². The van der Waals surface area contributed by atoms with Crippen molar-refractivity contribution in [1.29, 1.82) is 0 Å². The molecule has 1 fully saturated rings. The van der Waals surface area contributed by atoms with Crippen molar-refractivity contribution in [3.05, 3.63) is 47.3 Å². The Morgan fingerprint density at radius 2 is 1.87 bits per heavy atom. The Balaban J connectivity index is 1.64. The summed E-state index contributed by atoms with van der Waals surface area (Å²) in [5.74, 6) is 0.133. The predicted octanol–water partition coefficient (Wildman–Crippen LogP) is 3.44. The highest BCUT2D eigenvalue weighted by Crippen LogP contribution is 2.40. The molecule has 3 aromatic rings. The first kappa shape index (κ1) is 21.5. The third-order valence-electron chi connectivity index (χ3n) is 5.75. The van der Waals surface area contributed by atoms with E-state index in [1.54, 1.807) is 23.9 Å². The maximum Gasteiger partial charge on any atom is 0.256 e. The molecule has 2 heterocycles. The van der Waals surface area contributed by atoms with Crippen LogP contribution < -0.4 is 5.32 Å². The largest absolute Gasteiger partial charge is 0.322 e. The fraction of sp³-hybridized carbons (Fsp3) is 0.409. The third kappa shape index (κ3) is 3.95. The van der Waals surface area contributed by atoms with E-state index < -0.39 is 10.0 Å². The molecule has 31 heavy (non-hydrogen) atoms. The minimum atomic E-state index is -3.57. The van der Waals surface area contributed by atoms with E-state index in [0.717, 1.165) is 29.6 Å². The summed E-state index contributed by atoms with van der Waals surface area (Å²) >= 11 is 0. The van der Waals surface area contributed by atoms with Gasteiger partial charge in [-0.2, -0.15) is 9.40 Å². The summed E-state index contributed by atoms with van der Waals surface area (Å²) in [7, 11) is -0.193. The van der Waals surface area contributed by atoms with Gasteiger partial charge in [0, 0.05) is 37.4 Å². The number of carbonyl (C=O) groups is 1. The minimum Gasteiger partial charge on any atom is -0.322 e. The zero-order valence-electron chi connectivity index (χ0n) is 18.4. The number of hydrogen-bond acceptors (Lipinski definition) is 5. The maximum absolute atomic E-state index is 13.2. The van der Waals surface area contributed by atoms with Crippen molar-refractivity contribution in [2.45, 2.75) is 50.5 Å². The predicted molar refractivity (Wildman–Crippen MR) is 120 cm³/mol. The summed E-state index contributed by atoms with van der Waals surface area (Å²) in [5.41, 5.74) is 3.42. The number of pyridine rings is 1. The molecule has 0 atom stereocenters. The molecule has 2 aromatic heterocycles. The third-order valence-corrected chi connectivity index (χ3v) is 7.79. The fourth-order valence-electron chi connectivity index (χ4n) is 3.58. The van der Waals surface area contributed by atoms with Crippen LogP contribution in [0.25, 0.3) is 11.0 Å². The zero-order chi connectivity index (χ0) is 22.5. The number of amides is 1.